The van der Waals surface area contributed by atoms with E-state index in [9.17, 15) is 0 Å². The van der Waals surface area contributed by atoms with Gasteiger partial charge >= 0.3 is 0 Å². The summed E-state index contributed by atoms with van der Waals surface area (Å²) in [4.78, 5) is 4.46. The zero-order valence-electron chi connectivity index (χ0n) is 7.87. The highest BCUT2D eigenvalue weighted by molar-refractivity contribution is 9.10. The third kappa shape index (κ3) is 2.02. The van der Waals surface area contributed by atoms with E-state index in [1.165, 1.54) is 0 Å². The fourth-order valence-electron chi connectivity index (χ4n) is 1.35. The Morgan fingerprint density at radius 1 is 1.07 bits per heavy atom. The largest absolute Gasteiger partial charge is 0.253 e. The summed E-state index contributed by atoms with van der Waals surface area (Å²) < 4.78 is 1.08. The second kappa shape index (κ2) is 3.93. The highest BCUT2D eigenvalue weighted by atomic mass is 79.9. The number of rotatable bonds is 1. The SMILES string of the molecule is Cc1cccc(-c2cccc(Br)c2)n1. The van der Waals surface area contributed by atoms with Crippen LogP contribution in [-0.4, -0.2) is 4.98 Å². The summed E-state index contributed by atoms with van der Waals surface area (Å²) in [6.45, 7) is 2.00. The molecule has 0 fully saturated rings. The highest BCUT2D eigenvalue weighted by Crippen LogP contribution is 2.21. The lowest BCUT2D eigenvalue weighted by atomic mass is 10.1. The summed E-state index contributed by atoms with van der Waals surface area (Å²) in [5, 5.41) is 0. The molecule has 14 heavy (non-hydrogen) atoms. The smallest absolute Gasteiger partial charge is 0.0705 e. The van der Waals surface area contributed by atoms with Gasteiger partial charge in [-0.3, -0.25) is 4.98 Å². The number of pyridine rings is 1. The molecular weight excluding hydrogens is 238 g/mol. The molecule has 0 N–H and O–H groups in total. The summed E-state index contributed by atoms with van der Waals surface area (Å²) in [7, 11) is 0. The number of aryl methyl sites for hydroxylation is 1. The third-order valence-electron chi connectivity index (χ3n) is 2.01. The molecule has 2 rings (SSSR count). The molecule has 0 radical (unpaired) electrons. The van der Waals surface area contributed by atoms with Crippen LogP contribution in [0.15, 0.2) is 46.9 Å². The van der Waals surface area contributed by atoms with Gasteiger partial charge in [0.25, 0.3) is 0 Å². The first-order valence-corrected chi connectivity index (χ1v) is 5.24. The molecular formula is C12H10BrN. The maximum Gasteiger partial charge on any atom is 0.0705 e. The molecule has 0 atom stereocenters. The second-order valence-corrected chi connectivity index (χ2v) is 4.09. The number of hydrogen-bond donors (Lipinski definition) is 0. The molecule has 0 saturated carbocycles. The fraction of sp³-hybridized carbons (Fsp3) is 0.0833. The van der Waals surface area contributed by atoms with E-state index >= 15 is 0 Å². The molecule has 1 heterocycles. The van der Waals surface area contributed by atoms with Crippen molar-refractivity contribution in [2.24, 2.45) is 0 Å². The number of aromatic nitrogens is 1. The Morgan fingerprint density at radius 2 is 1.86 bits per heavy atom. The third-order valence-corrected chi connectivity index (χ3v) is 2.50. The van der Waals surface area contributed by atoms with Crippen molar-refractivity contribution in [1.82, 2.24) is 4.98 Å². The van der Waals surface area contributed by atoms with Crippen LogP contribution in [0, 0.1) is 6.92 Å². The van der Waals surface area contributed by atoms with E-state index < -0.39 is 0 Å². The van der Waals surface area contributed by atoms with E-state index in [-0.39, 0.29) is 0 Å². The Labute approximate surface area is 91.9 Å². The van der Waals surface area contributed by atoms with Crippen molar-refractivity contribution in [2.75, 3.05) is 0 Å². The van der Waals surface area contributed by atoms with E-state index in [1.807, 2.05) is 37.3 Å². The van der Waals surface area contributed by atoms with Gasteiger partial charge in [0.2, 0.25) is 0 Å². The van der Waals surface area contributed by atoms with Crippen LogP contribution in [-0.2, 0) is 0 Å². The molecule has 1 aromatic carbocycles. The molecule has 0 amide bonds. The Bertz CT molecular complexity index is 408. The molecule has 0 aliphatic rings. The fourth-order valence-corrected chi connectivity index (χ4v) is 1.75. The summed E-state index contributed by atoms with van der Waals surface area (Å²) >= 11 is 3.45. The first-order valence-electron chi connectivity index (χ1n) is 4.45. The standard InChI is InChI=1S/C12H10BrN/c1-9-4-2-7-12(14-9)10-5-3-6-11(13)8-10/h2-8H,1H3. The number of nitrogens with zero attached hydrogens (tertiary/aromatic N) is 1. The zero-order chi connectivity index (χ0) is 9.97. The first kappa shape index (κ1) is 9.41. The van der Waals surface area contributed by atoms with Gasteiger partial charge in [0.05, 0.1) is 5.69 Å². The van der Waals surface area contributed by atoms with Gasteiger partial charge in [-0.15, -0.1) is 0 Å². The Hall–Kier alpha value is -1.15. The molecule has 1 nitrogen and oxygen atoms in total. The Kier molecular flexibility index (Phi) is 2.64. The molecule has 2 heteroatoms. The van der Waals surface area contributed by atoms with Gasteiger partial charge in [-0.1, -0.05) is 34.1 Å². The molecule has 2 aromatic rings. The van der Waals surface area contributed by atoms with Crippen LogP contribution >= 0.6 is 15.9 Å². The maximum atomic E-state index is 4.46. The predicted octanol–water partition coefficient (Wildman–Crippen LogP) is 3.82. The molecule has 0 aliphatic carbocycles. The number of hydrogen-bond acceptors (Lipinski definition) is 1. The van der Waals surface area contributed by atoms with Crippen molar-refractivity contribution in [3.8, 4) is 11.3 Å². The summed E-state index contributed by atoms with van der Waals surface area (Å²) in [5.74, 6) is 0. The van der Waals surface area contributed by atoms with E-state index in [0.717, 1.165) is 21.4 Å². The average Bonchev–Trinajstić information content (AvgIpc) is 2.18. The molecule has 0 aliphatic heterocycles. The van der Waals surface area contributed by atoms with Crippen LogP contribution < -0.4 is 0 Å². The predicted molar refractivity (Wildman–Crippen MR) is 62.1 cm³/mol. The van der Waals surface area contributed by atoms with Crippen LogP contribution in [0.1, 0.15) is 5.69 Å². The van der Waals surface area contributed by atoms with Crippen molar-refractivity contribution in [3.05, 3.63) is 52.6 Å². The molecule has 0 bridgehead atoms. The van der Waals surface area contributed by atoms with Gasteiger partial charge in [-0.25, -0.2) is 0 Å². The Morgan fingerprint density at radius 3 is 2.57 bits per heavy atom. The van der Waals surface area contributed by atoms with Gasteiger partial charge in [0, 0.05) is 15.7 Å². The zero-order valence-corrected chi connectivity index (χ0v) is 9.45. The van der Waals surface area contributed by atoms with Crippen LogP contribution in [0.3, 0.4) is 0 Å². The lowest BCUT2D eigenvalue weighted by Crippen LogP contribution is -1.85. The number of halogens is 1. The average molecular weight is 248 g/mol. The molecule has 70 valence electrons. The molecule has 1 aromatic heterocycles. The summed E-state index contributed by atoms with van der Waals surface area (Å²) in [6.07, 6.45) is 0. The van der Waals surface area contributed by atoms with Crippen LogP contribution in [0.4, 0.5) is 0 Å². The van der Waals surface area contributed by atoms with Gasteiger partial charge in [-0.05, 0) is 31.2 Å². The minimum atomic E-state index is 1.02. The number of benzene rings is 1. The van der Waals surface area contributed by atoms with Gasteiger partial charge in [0.15, 0.2) is 0 Å². The molecule has 0 saturated heterocycles. The Balaban J connectivity index is 2.49. The van der Waals surface area contributed by atoms with E-state index in [2.05, 4.69) is 33.0 Å². The van der Waals surface area contributed by atoms with Crippen LogP contribution in [0.2, 0.25) is 0 Å². The minimum absolute atomic E-state index is 1.02. The van der Waals surface area contributed by atoms with Crippen molar-refractivity contribution >= 4 is 15.9 Å². The van der Waals surface area contributed by atoms with E-state index in [4.69, 9.17) is 0 Å². The van der Waals surface area contributed by atoms with Gasteiger partial charge in [0.1, 0.15) is 0 Å². The van der Waals surface area contributed by atoms with Crippen LogP contribution in [0.25, 0.3) is 11.3 Å². The normalized spacial score (nSPS) is 10.1. The quantitative estimate of drug-likeness (QED) is 0.747. The molecule has 0 spiro atoms. The maximum absolute atomic E-state index is 4.46. The van der Waals surface area contributed by atoms with Crippen molar-refractivity contribution in [1.29, 1.82) is 0 Å². The first-order chi connectivity index (χ1) is 6.75. The van der Waals surface area contributed by atoms with Crippen molar-refractivity contribution < 1.29 is 0 Å². The minimum Gasteiger partial charge on any atom is -0.253 e. The topological polar surface area (TPSA) is 12.9 Å². The van der Waals surface area contributed by atoms with Gasteiger partial charge in [-0.2, -0.15) is 0 Å². The lowest BCUT2D eigenvalue weighted by molar-refractivity contribution is 1.20. The summed E-state index contributed by atoms with van der Waals surface area (Å²) in [5.41, 5.74) is 3.21. The monoisotopic (exact) mass is 247 g/mol. The van der Waals surface area contributed by atoms with Crippen molar-refractivity contribution in [3.63, 3.8) is 0 Å². The van der Waals surface area contributed by atoms with Crippen LogP contribution in [0.5, 0.6) is 0 Å². The summed E-state index contributed by atoms with van der Waals surface area (Å²) in [6, 6.07) is 14.2. The van der Waals surface area contributed by atoms with Crippen molar-refractivity contribution in [2.45, 2.75) is 6.92 Å². The van der Waals surface area contributed by atoms with Gasteiger partial charge < -0.3 is 0 Å². The van der Waals surface area contributed by atoms with E-state index in [0.29, 0.717) is 0 Å². The highest BCUT2D eigenvalue weighted by Gasteiger charge is 1.98. The lowest BCUT2D eigenvalue weighted by Gasteiger charge is -2.01. The second-order valence-electron chi connectivity index (χ2n) is 3.17. The molecule has 0 unspecified atom stereocenters. The van der Waals surface area contributed by atoms with E-state index in [1.54, 1.807) is 0 Å².